The smallest absolute Gasteiger partial charge is 0.224 e. The molecule has 1 rings (SSSR count). The predicted molar refractivity (Wildman–Crippen MR) is 69.0 cm³/mol. The standard InChI is InChI=1S/C12H19ClFN3/c1-3-5-6-8-17(7-4-2)11-10(14)9-15-12(13)16-11/h9H,3-8H2,1-2H3. The van der Waals surface area contributed by atoms with E-state index in [0.29, 0.717) is 5.82 Å². The van der Waals surface area contributed by atoms with Crippen molar-refractivity contribution in [3.63, 3.8) is 0 Å². The summed E-state index contributed by atoms with van der Waals surface area (Å²) >= 11 is 5.71. The molecule has 96 valence electrons. The molecule has 0 aromatic carbocycles. The summed E-state index contributed by atoms with van der Waals surface area (Å²) in [5.74, 6) is -0.0812. The van der Waals surface area contributed by atoms with Crippen LogP contribution >= 0.6 is 11.6 Å². The Hall–Kier alpha value is -0.900. The second-order valence-corrected chi connectivity index (χ2v) is 4.34. The van der Waals surface area contributed by atoms with Crippen molar-refractivity contribution in [1.29, 1.82) is 0 Å². The number of anilines is 1. The van der Waals surface area contributed by atoms with Gasteiger partial charge in [-0.2, -0.15) is 4.98 Å². The maximum atomic E-state index is 13.6. The van der Waals surface area contributed by atoms with Gasteiger partial charge in [-0.15, -0.1) is 0 Å². The van der Waals surface area contributed by atoms with Crippen molar-refractivity contribution >= 4 is 17.4 Å². The molecule has 0 amide bonds. The van der Waals surface area contributed by atoms with Crippen LogP contribution in [0.5, 0.6) is 0 Å². The van der Waals surface area contributed by atoms with Gasteiger partial charge in [-0.3, -0.25) is 0 Å². The van der Waals surface area contributed by atoms with Crippen molar-refractivity contribution in [2.24, 2.45) is 0 Å². The second kappa shape index (κ2) is 7.43. The predicted octanol–water partition coefficient (Wildman–Crippen LogP) is 3.68. The van der Waals surface area contributed by atoms with Crippen molar-refractivity contribution in [2.75, 3.05) is 18.0 Å². The zero-order valence-corrected chi connectivity index (χ0v) is 11.2. The molecule has 0 aliphatic rings. The molecule has 17 heavy (non-hydrogen) atoms. The number of halogens is 2. The van der Waals surface area contributed by atoms with Crippen LogP contribution in [0.25, 0.3) is 0 Å². The molecule has 0 fully saturated rings. The van der Waals surface area contributed by atoms with Gasteiger partial charge in [0, 0.05) is 13.1 Å². The van der Waals surface area contributed by atoms with Gasteiger partial charge in [-0.05, 0) is 24.4 Å². The van der Waals surface area contributed by atoms with Gasteiger partial charge < -0.3 is 4.90 Å². The van der Waals surface area contributed by atoms with E-state index in [1.807, 2.05) is 4.90 Å². The largest absolute Gasteiger partial charge is 0.354 e. The highest BCUT2D eigenvalue weighted by atomic mass is 35.5. The highest BCUT2D eigenvalue weighted by Crippen LogP contribution is 2.18. The van der Waals surface area contributed by atoms with Crippen molar-refractivity contribution in [3.05, 3.63) is 17.3 Å². The minimum absolute atomic E-state index is 0.0954. The van der Waals surface area contributed by atoms with Crippen LogP contribution in [0.1, 0.15) is 39.5 Å². The Bertz CT molecular complexity index is 347. The fraction of sp³-hybridized carbons (Fsp3) is 0.667. The zero-order valence-electron chi connectivity index (χ0n) is 10.4. The van der Waals surface area contributed by atoms with E-state index < -0.39 is 5.82 Å². The van der Waals surface area contributed by atoms with E-state index in [0.717, 1.165) is 45.0 Å². The first kappa shape index (κ1) is 14.2. The van der Waals surface area contributed by atoms with E-state index in [-0.39, 0.29) is 5.28 Å². The Kier molecular flexibility index (Phi) is 6.19. The molecule has 1 heterocycles. The Morgan fingerprint density at radius 2 is 2.00 bits per heavy atom. The SMILES string of the molecule is CCCCCN(CCC)c1nc(Cl)ncc1F. The van der Waals surface area contributed by atoms with Crippen molar-refractivity contribution < 1.29 is 4.39 Å². The van der Waals surface area contributed by atoms with Crippen LogP contribution in [-0.4, -0.2) is 23.1 Å². The maximum Gasteiger partial charge on any atom is 0.224 e. The lowest BCUT2D eigenvalue weighted by atomic mass is 10.2. The Balaban J connectivity index is 2.77. The summed E-state index contributed by atoms with van der Waals surface area (Å²) in [5, 5.41) is 0.0954. The Labute approximate surface area is 107 Å². The summed E-state index contributed by atoms with van der Waals surface area (Å²) < 4.78 is 13.6. The van der Waals surface area contributed by atoms with Gasteiger partial charge in [-0.25, -0.2) is 9.37 Å². The van der Waals surface area contributed by atoms with E-state index in [1.54, 1.807) is 0 Å². The fourth-order valence-electron chi connectivity index (χ4n) is 1.71. The van der Waals surface area contributed by atoms with Crippen molar-refractivity contribution in [1.82, 2.24) is 9.97 Å². The average molecular weight is 260 g/mol. The molecule has 0 radical (unpaired) electrons. The number of hydrogen-bond acceptors (Lipinski definition) is 3. The van der Waals surface area contributed by atoms with Gasteiger partial charge >= 0.3 is 0 Å². The molecular weight excluding hydrogens is 241 g/mol. The van der Waals surface area contributed by atoms with E-state index in [2.05, 4.69) is 23.8 Å². The van der Waals surface area contributed by atoms with Gasteiger partial charge in [-0.1, -0.05) is 26.7 Å². The first-order valence-electron chi connectivity index (χ1n) is 6.12. The molecule has 0 N–H and O–H groups in total. The molecule has 5 heteroatoms. The highest BCUT2D eigenvalue weighted by molar-refractivity contribution is 6.28. The van der Waals surface area contributed by atoms with E-state index in [9.17, 15) is 4.39 Å². The molecule has 1 aromatic rings. The van der Waals surface area contributed by atoms with E-state index in [1.165, 1.54) is 0 Å². The van der Waals surface area contributed by atoms with E-state index in [4.69, 9.17) is 11.6 Å². The summed E-state index contributed by atoms with van der Waals surface area (Å²) in [4.78, 5) is 9.55. The highest BCUT2D eigenvalue weighted by Gasteiger charge is 2.13. The van der Waals surface area contributed by atoms with Gasteiger partial charge in [0.05, 0.1) is 6.20 Å². The third-order valence-electron chi connectivity index (χ3n) is 2.52. The third kappa shape index (κ3) is 4.46. The summed E-state index contributed by atoms with van der Waals surface area (Å²) in [6.45, 7) is 5.81. The van der Waals surface area contributed by atoms with Crippen LogP contribution < -0.4 is 4.90 Å². The number of aromatic nitrogens is 2. The molecule has 0 unspecified atom stereocenters. The summed E-state index contributed by atoms with van der Waals surface area (Å²) in [6, 6.07) is 0. The number of unbranched alkanes of at least 4 members (excludes halogenated alkanes) is 2. The monoisotopic (exact) mass is 259 g/mol. The number of nitrogens with zero attached hydrogens (tertiary/aromatic N) is 3. The topological polar surface area (TPSA) is 29.0 Å². The fourth-order valence-corrected chi connectivity index (χ4v) is 1.83. The number of rotatable bonds is 7. The normalized spacial score (nSPS) is 10.6. The molecule has 3 nitrogen and oxygen atoms in total. The third-order valence-corrected chi connectivity index (χ3v) is 2.70. The summed E-state index contributed by atoms with van der Waals surface area (Å²) in [5.41, 5.74) is 0. The van der Waals surface area contributed by atoms with Gasteiger partial charge in [0.1, 0.15) is 0 Å². The first-order valence-corrected chi connectivity index (χ1v) is 6.49. The number of hydrogen-bond donors (Lipinski definition) is 0. The lowest BCUT2D eigenvalue weighted by molar-refractivity contribution is 0.589. The average Bonchev–Trinajstić information content (AvgIpc) is 2.32. The van der Waals surface area contributed by atoms with Gasteiger partial charge in [0.15, 0.2) is 11.6 Å². The van der Waals surface area contributed by atoms with Gasteiger partial charge in [0.25, 0.3) is 0 Å². The molecule has 0 aliphatic carbocycles. The molecule has 0 saturated heterocycles. The van der Waals surface area contributed by atoms with Crippen LogP contribution in [0.15, 0.2) is 6.20 Å². The molecule has 0 atom stereocenters. The Morgan fingerprint density at radius 1 is 1.24 bits per heavy atom. The van der Waals surface area contributed by atoms with Crippen LogP contribution in [0.2, 0.25) is 5.28 Å². The first-order chi connectivity index (χ1) is 8.19. The van der Waals surface area contributed by atoms with Crippen LogP contribution in [0.3, 0.4) is 0 Å². The lowest BCUT2D eigenvalue weighted by Crippen LogP contribution is -2.27. The Morgan fingerprint density at radius 3 is 2.65 bits per heavy atom. The summed E-state index contributed by atoms with van der Waals surface area (Å²) in [7, 11) is 0. The lowest BCUT2D eigenvalue weighted by Gasteiger charge is -2.23. The second-order valence-electron chi connectivity index (χ2n) is 4.00. The quantitative estimate of drug-likeness (QED) is 0.553. The molecule has 0 aliphatic heterocycles. The van der Waals surface area contributed by atoms with Crippen LogP contribution in [0.4, 0.5) is 10.2 Å². The van der Waals surface area contributed by atoms with Crippen molar-refractivity contribution in [3.8, 4) is 0 Å². The molecule has 0 spiro atoms. The minimum atomic E-state index is -0.403. The minimum Gasteiger partial charge on any atom is -0.354 e. The van der Waals surface area contributed by atoms with Crippen LogP contribution in [-0.2, 0) is 0 Å². The summed E-state index contributed by atoms with van der Waals surface area (Å²) in [6.07, 6.45) is 5.41. The molecule has 1 aromatic heterocycles. The van der Waals surface area contributed by atoms with E-state index >= 15 is 0 Å². The molecule has 0 saturated carbocycles. The van der Waals surface area contributed by atoms with Crippen LogP contribution in [0, 0.1) is 5.82 Å². The zero-order chi connectivity index (χ0) is 12.7. The molecular formula is C12H19ClFN3. The van der Waals surface area contributed by atoms with Crippen molar-refractivity contribution in [2.45, 2.75) is 39.5 Å². The maximum absolute atomic E-state index is 13.6. The molecule has 0 bridgehead atoms. The van der Waals surface area contributed by atoms with Gasteiger partial charge in [0.2, 0.25) is 5.28 Å².